The molecular weight excluding hydrogens is 424 g/mol. The maximum Gasteiger partial charge on any atom is 0.269 e. The van der Waals surface area contributed by atoms with Crippen molar-refractivity contribution in [1.82, 2.24) is 9.21 Å². The molecule has 1 aliphatic heterocycles. The molecule has 1 amide bonds. The predicted molar refractivity (Wildman–Crippen MR) is 124 cm³/mol. The van der Waals surface area contributed by atoms with Gasteiger partial charge in [0.2, 0.25) is 0 Å². The Hall–Kier alpha value is -2.38. The van der Waals surface area contributed by atoms with Crippen LogP contribution in [0.15, 0.2) is 47.4 Å². The highest BCUT2D eigenvalue weighted by Gasteiger charge is 2.40. The van der Waals surface area contributed by atoms with E-state index in [1.165, 1.54) is 11.6 Å². The standard InChI is InChI=1S/C25H32N2O4S/c1-2-15-26(20-14-13-19-9-8-11-23(28)22(19)18-20)16-6-3-7-17-27-25(29)21-10-4-5-12-24(21)32(27,30)31/h4-5,8-12,20,28H,2-3,6-7,13-18H2,1H3. The minimum Gasteiger partial charge on any atom is -0.508 e. The second kappa shape index (κ2) is 9.63. The Bertz CT molecular complexity index is 1080. The summed E-state index contributed by atoms with van der Waals surface area (Å²) in [7, 11) is -3.71. The summed E-state index contributed by atoms with van der Waals surface area (Å²) >= 11 is 0. The molecule has 1 unspecified atom stereocenters. The van der Waals surface area contributed by atoms with Gasteiger partial charge in [0.1, 0.15) is 10.6 Å². The number of hydrogen-bond acceptors (Lipinski definition) is 5. The van der Waals surface area contributed by atoms with E-state index in [0.717, 1.165) is 61.5 Å². The summed E-state index contributed by atoms with van der Waals surface area (Å²) in [5, 5.41) is 10.3. The first-order valence-electron chi connectivity index (χ1n) is 11.6. The molecule has 0 radical (unpaired) electrons. The molecule has 6 nitrogen and oxygen atoms in total. The van der Waals surface area contributed by atoms with Gasteiger partial charge in [0, 0.05) is 12.6 Å². The second-order valence-corrected chi connectivity index (χ2v) is 10.6. The molecule has 0 saturated heterocycles. The Balaban J connectivity index is 1.29. The summed E-state index contributed by atoms with van der Waals surface area (Å²) in [5.74, 6) is -0.00461. The number of amides is 1. The zero-order valence-electron chi connectivity index (χ0n) is 18.7. The van der Waals surface area contributed by atoms with Gasteiger partial charge in [0.05, 0.1) is 5.56 Å². The molecular formula is C25H32N2O4S. The topological polar surface area (TPSA) is 77.9 Å². The molecule has 32 heavy (non-hydrogen) atoms. The molecule has 2 aromatic rings. The Kier molecular flexibility index (Phi) is 6.86. The molecule has 1 atom stereocenters. The Morgan fingerprint density at radius 1 is 1.06 bits per heavy atom. The van der Waals surface area contributed by atoms with Crippen LogP contribution in [0.4, 0.5) is 0 Å². The van der Waals surface area contributed by atoms with Crippen LogP contribution in [0.1, 0.15) is 60.5 Å². The van der Waals surface area contributed by atoms with Crippen LogP contribution in [0.5, 0.6) is 5.75 Å². The van der Waals surface area contributed by atoms with E-state index in [0.29, 0.717) is 18.2 Å². The molecule has 7 heteroatoms. The fraction of sp³-hybridized carbons (Fsp3) is 0.480. The molecule has 2 aromatic carbocycles. The van der Waals surface area contributed by atoms with Gasteiger partial charge < -0.3 is 10.0 Å². The number of sulfonamides is 1. The number of phenols is 1. The van der Waals surface area contributed by atoms with Crippen LogP contribution in [0.3, 0.4) is 0 Å². The lowest BCUT2D eigenvalue weighted by molar-refractivity contribution is 0.0869. The third-order valence-electron chi connectivity index (χ3n) is 6.68. The van der Waals surface area contributed by atoms with E-state index in [9.17, 15) is 18.3 Å². The van der Waals surface area contributed by atoms with Crippen molar-refractivity contribution >= 4 is 15.9 Å². The van der Waals surface area contributed by atoms with Crippen molar-refractivity contribution in [1.29, 1.82) is 0 Å². The summed E-state index contributed by atoms with van der Waals surface area (Å²) in [5.41, 5.74) is 2.62. The number of phenolic OH excluding ortho intramolecular Hbond substituents is 1. The normalized spacial score (nSPS) is 19.2. The number of benzene rings is 2. The Morgan fingerprint density at radius 2 is 1.88 bits per heavy atom. The summed E-state index contributed by atoms with van der Waals surface area (Å²) in [4.78, 5) is 15.2. The number of aromatic hydroxyl groups is 1. The maximum atomic E-state index is 12.7. The number of carbonyl (C=O) groups excluding carboxylic acids is 1. The molecule has 0 spiro atoms. The van der Waals surface area contributed by atoms with E-state index in [1.54, 1.807) is 24.3 Å². The number of unbranched alkanes of at least 4 members (excludes halogenated alkanes) is 2. The van der Waals surface area contributed by atoms with Gasteiger partial charge in [-0.05, 0) is 80.9 Å². The molecule has 1 N–H and O–H groups in total. The van der Waals surface area contributed by atoms with Crippen LogP contribution < -0.4 is 0 Å². The van der Waals surface area contributed by atoms with Gasteiger partial charge in [-0.15, -0.1) is 0 Å². The fourth-order valence-corrected chi connectivity index (χ4v) is 6.63. The van der Waals surface area contributed by atoms with Gasteiger partial charge in [-0.2, -0.15) is 0 Å². The minimum atomic E-state index is -3.71. The minimum absolute atomic E-state index is 0.125. The Labute approximate surface area is 190 Å². The van der Waals surface area contributed by atoms with Crippen LogP contribution >= 0.6 is 0 Å². The van der Waals surface area contributed by atoms with E-state index in [4.69, 9.17) is 0 Å². The van der Waals surface area contributed by atoms with Crippen molar-refractivity contribution in [3.8, 4) is 5.75 Å². The van der Waals surface area contributed by atoms with E-state index >= 15 is 0 Å². The number of nitrogens with zero attached hydrogens (tertiary/aromatic N) is 2. The highest BCUT2D eigenvalue weighted by atomic mass is 32.2. The summed E-state index contributed by atoms with van der Waals surface area (Å²) < 4.78 is 26.4. The van der Waals surface area contributed by atoms with E-state index in [2.05, 4.69) is 17.9 Å². The Morgan fingerprint density at radius 3 is 2.66 bits per heavy atom. The molecule has 0 aromatic heterocycles. The zero-order chi connectivity index (χ0) is 22.7. The maximum absolute atomic E-state index is 12.7. The zero-order valence-corrected chi connectivity index (χ0v) is 19.5. The van der Waals surface area contributed by atoms with E-state index in [1.807, 2.05) is 6.07 Å². The monoisotopic (exact) mass is 456 g/mol. The molecule has 172 valence electrons. The number of aryl methyl sites for hydroxylation is 1. The number of fused-ring (bicyclic) bond motifs is 2. The smallest absolute Gasteiger partial charge is 0.269 e. The lowest BCUT2D eigenvalue weighted by atomic mass is 9.86. The van der Waals surface area contributed by atoms with Crippen molar-refractivity contribution in [3.05, 3.63) is 59.2 Å². The van der Waals surface area contributed by atoms with Crippen molar-refractivity contribution in [2.45, 2.75) is 62.8 Å². The lowest BCUT2D eigenvalue weighted by Crippen LogP contribution is -2.40. The number of carbonyl (C=O) groups is 1. The molecule has 1 heterocycles. The van der Waals surface area contributed by atoms with Crippen molar-refractivity contribution in [2.75, 3.05) is 19.6 Å². The first kappa shape index (κ1) is 22.8. The SMILES string of the molecule is CCCN(CCCCCN1C(=O)c2ccccc2S1(=O)=O)C1CCc2cccc(O)c2C1. The van der Waals surface area contributed by atoms with Crippen LogP contribution in [-0.2, 0) is 22.9 Å². The molecule has 4 rings (SSSR count). The van der Waals surface area contributed by atoms with Gasteiger partial charge >= 0.3 is 0 Å². The van der Waals surface area contributed by atoms with Crippen LogP contribution in [0.2, 0.25) is 0 Å². The highest BCUT2D eigenvalue weighted by molar-refractivity contribution is 7.90. The molecule has 0 saturated carbocycles. The van der Waals surface area contributed by atoms with E-state index < -0.39 is 15.9 Å². The number of hydrogen-bond donors (Lipinski definition) is 1. The van der Waals surface area contributed by atoms with Gasteiger partial charge in [0.15, 0.2) is 0 Å². The van der Waals surface area contributed by atoms with Crippen LogP contribution in [-0.4, -0.2) is 54.3 Å². The molecule has 0 bridgehead atoms. The summed E-state index contributed by atoms with van der Waals surface area (Å²) in [6.07, 6.45) is 6.51. The first-order valence-corrected chi connectivity index (χ1v) is 13.1. The van der Waals surface area contributed by atoms with Crippen molar-refractivity contribution < 1.29 is 18.3 Å². The third-order valence-corrected chi connectivity index (χ3v) is 8.52. The fourth-order valence-electron chi connectivity index (χ4n) is 5.03. The quantitative estimate of drug-likeness (QED) is 0.578. The second-order valence-electron chi connectivity index (χ2n) is 8.79. The lowest BCUT2D eigenvalue weighted by Gasteiger charge is -2.35. The largest absolute Gasteiger partial charge is 0.508 e. The van der Waals surface area contributed by atoms with Crippen molar-refractivity contribution in [2.24, 2.45) is 0 Å². The van der Waals surface area contributed by atoms with Gasteiger partial charge in [-0.25, -0.2) is 12.7 Å². The van der Waals surface area contributed by atoms with Gasteiger partial charge in [-0.3, -0.25) is 4.79 Å². The molecule has 2 aliphatic rings. The summed E-state index contributed by atoms with van der Waals surface area (Å²) in [6, 6.07) is 12.7. The summed E-state index contributed by atoms with van der Waals surface area (Å²) in [6.45, 7) is 4.38. The van der Waals surface area contributed by atoms with Gasteiger partial charge in [0.25, 0.3) is 15.9 Å². The van der Waals surface area contributed by atoms with Crippen molar-refractivity contribution in [3.63, 3.8) is 0 Å². The highest BCUT2D eigenvalue weighted by Crippen LogP contribution is 2.32. The van der Waals surface area contributed by atoms with Gasteiger partial charge in [-0.1, -0.05) is 37.6 Å². The van der Waals surface area contributed by atoms with E-state index in [-0.39, 0.29) is 17.0 Å². The average molecular weight is 457 g/mol. The molecule has 1 aliphatic carbocycles. The average Bonchev–Trinajstić information content (AvgIpc) is 2.99. The number of rotatable bonds is 9. The van der Waals surface area contributed by atoms with Crippen LogP contribution in [0, 0.1) is 0 Å². The molecule has 0 fully saturated rings. The predicted octanol–water partition coefficient (Wildman–Crippen LogP) is 3.98. The first-order chi connectivity index (χ1) is 15.4. The van der Waals surface area contributed by atoms with Crippen LogP contribution in [0.25, 0.3) is 0 Å². The third kappa shape index (κ3) is 4.41.